The second-order valence-corrected chi connectivity index (χ2v) is 4.20. The number of nitrogens with zero attached hydrogens (tertiary/aromatic N) is 3. The van der Waals surface area contributed by atoms with Crippen molar-refractivity contribution in [1.82, 2.24) is 20.3 Å². The van der Waals surface area contributed by atoms with Gasteiger partial charge in [-0.1, -0.05) is 11.6 Å². The van der Waals surface area contributed by atoms with Gasteiger partial charge in [-0.25, -0.2) is 15.0 Å². The van der Waals surface area contributed by atoms with Crippen molar-refractivity contribution in [3.05, 3.63) is 39.8 Å². The van der Waals surface area contributed by atoms with Crippen molar-refractivity contribution < 1.29 is 4.79 Å². The largest absolute Gasteiger partial charge is 0.344 e. The third-order valence-corrected chi connectivity index (χ3v) is 2.71. The Morgan fingerprint density at radius 1 is 1.38 bits per heavy atom. The van der Waals surface area contributed by atoms with E-state index in [-0.39, 0.29) is 16.8 Å². The summed E-state index contributed by atoms with van der Waals surface area (Å²) in [6.45, 7) is 0.390. The van der Waals surface area contributed by atoms with Crippen molar-refractivity contribution in [2.24, 2.45) is 0 Å². The van der Waals surface area contributed by atoms with Crippen LogP contribution in [0.5, 0.6) is 0 Å². The lowest BCUT2D eigenvalue weighted by Gasteiger charge is -2.01. The first kappa shape index (κ1) is 11.0. The number of rotatable bonds is 3. The van der Waals surface area contributed by atoms with Crippen LogP contribution in [0.15, 0.2) is 24.0 Å². The summed E-state index contributed by atoms with van der Waals surface area (Å²) in [4.78, 5) is 23.2. The second kappa shape index (κ2) is 5.00. The fourth-order valence-electron chi connectivity index (χ4n) is 1.02. The van der Waals surface area contributed by atoms with Crippen molar-refractivity contribution >= 4 is 28.8 Å². The molecule has 0 spiro atoms. The highest BCUT2D eigenvalue weighted by Crippen LogP contribution is 2.04. The molecule has 2 aromatic rings. The molecule has 0 aliphatic rings. The minimum absolute atomic E-state index is 0.237. The summed E-state index contributed by atoms with van der Waals surface area (Å²) in [6, 6.07) is 0. The fourth-order valence-corrected chi connectivity index (χ4v) is 1.67. The molecule has 2 heterocycles. The lowest BCUT2D eigenvalue weighted by atomic mass is 10.4. The van der Waals surface area contributed by atoms with E-state index < -0.39 is 0 Å². The van der Waals surface area contributed by atoms with Crippen molar-refractivity contribution in [3.8, 4) is 0 Å². The van der Waals surface area contributed by atoms with E-state index in [9.17, 15) is 4.79 Å². The van der Waals surface area contributed by atoms with Gasteiger partial charge >= 0.3 is 0 Å². The summed E-state index contributed by atoms with van der Waals surface area (Å²) in [7, 11) is 0. The van der Waals surface area contributed by atoms with E-state index in [1.165, 1.54) is 23.7 Å². The summed E-state index contributed by atoms with van der Waals surface area (Å²) >= 11 is 7.04. The molecule has 16 heavy (non-hydrogen) atoms. The highest BCUT2D eigenvalue weighted by Gasteiger charge is 2.07. The average molecular weight is 255 g/mol. The quantitative estimate of drug-likeness (QED) is 0.902. The maximum Gasteiger partial charge on any atom is 0.271 e. The van der Waals surface area contributed by atoms with Crippen LogP contribution in [-0.4, -0.2) is 20.9 Å². The van der Waals surface area contributed by atoms with Crippen LogP contribution >= 0.6 is 22.9 Å². The van der Waals surface area contributed by atoms with E-state index in [1.807, 2.05) is 5.38 Å². The predicted molar refractivity (Wildman–Crippen MR) is 60.3 cm³/mol. The second-order valence-electron chi connectivity index (χ2n) is 2.83. The van der Waals surface area contributed by atoms with Gasteiger partial charge in [0.05, 0.1) is 18.9 Å². The van der Waals surface area contributed by atoms with Crippen LogP contribution in [0.25, 0.3) is 0 Å². The Labute approximate surface area is 101 Å². The van der Waals surface area contributed by atoms with Gasteiger partial charge in [-0.05, 0) is 0 Å². The molecule has 0 aliphatic heterocycles. The molecule has 0 atom stereocenters. The number of carbonyl (C=O) groups is 1. The lowest BCUT2D eigenvalue weighted by Crippen LogP contribution is -2.23. The zero-order valence-electron chi connectivity index (χ0n) is 8.05. The van der Waals surface area contributed by atoms with Crippen LogP contribution < -0.4 is 5.32 Å². The molecule has 1 amide bonds. The molecule has 1 N–H and O–H groups in total. The predicted octanol–water partition coefficient (Wildman–Crippen LogP) is 1.52. The van der Waals surface area contributed by atoms with Crippen LogP contribution in [0.2, 0.25) is 5.15 Å². The summed E-state index contributed by atoms with van der Waals surface area (Å²) in [5.41, 5.74) is 0.237. The Balaban J connectivity index is 1.95. The number of amides is 1. The van der Waals surface area contributed by atoms with Gasteiger partial charge in [0.1, 0.15) is 15.9 Å². The van der Waals surface area contributed by atoms with E-state index in [4.69, 9.17) is 11.6 Å². The number of aromatic nitrogens is 3. The molecule has 0 saturated carbocycles. The number of hydrogen-bond donors (Lipinski definition) is 1. The van der Waals surface area contributed by atoms with Gasteiger partial charge in [0.2, 0.25) is 0 Å². The SMILES string of the molecule is O=C(NCc1nccs1)c1cnc(Cl)cn1. The third kappa shape index (κ3) is 2.74. The minimum Gasteiger partial charge on any atom is -0.344 e. The van der Waals surface area contributed by atoms with Crippen LogP contribution in [0.4, 0.5) is 0 Å². The normalized spacial score (nSPS) is 10.1. The molecule has 0 unspecified atom stereocenters. The molecule has 5 nitrogen and oxygen atoms in total. The minimum atomic E-state index is -0.292. The van der Waals surface area contributed by atoms with Crippen LogP contribution in [-0.2, 0) is 6.54 Å². The van der Waals surface area contributed by atoms with Gasteiger partial charge in [-0.15, -0.1) is 11.3 Å². The number of halogens is 1. The number of carbonyl (C=O) groups excluding carboxylic acids is 1. The maximum atomic E-state index is 11.6. The molecule has 0 aliphatic carbocycles. The molecular weight excluding hydrogens is 248 g/mol. The van der Waals surface area contributed by atoms with E-state index >= 15 is 0 Å². The van der Waals surface area contributed by atoms with E-state index in [2.05, 4.69) is 20.3 Å². The van der Waals surface area contributed by atoms with Gasteiger partial charge in [0, 0.05) is 11.6 Å². The molecule has 82 valence electrons. The zero-order chi connectivity index (χ0) is 11.4. The Hall–Kier alpha value is -1.53. The summed E-state index contributed by atoms with van der Waals surface area (Å²) in [6.07, 6.45) is 4.35. The average Bonchev–Trinajstić information content (AvgIpc) is 2.80. The summed E-state index contributed by atoms with van der Waals surface area (Å²) in [5.74, 6) is -0.292. The molecular formula is C9H7ClN4OS. The van der Waals surface area contributed by atoms with Crippen LogP contribution in [0.3, 0.4) is 0 Å². The van der Waals surface area contributed by atoms with Crippen LogP contribution in [0.1, 0.15) is 15.5 Å². The molecule has 7 heteroatoms. The van der Waals surface area contributed by atoms with Crippen molar-refractivity contribution in [1.29, 1.82) is 0 Å². The van der Waals surface area contributed by atoms with Gasteiger partial charge in [0.15, 0.2) is 0 Å². The Kier molecular flexibility index (Phi) is 3.43. The monoisotopic (exact) mass is 254 g/mol. The molecule has 2 rings (SSSR count). The number of hydrogen-bond acceptors (Lipinski definition) is 5. The Morgan fingerprint density at radius 3 is 2.88 bits per heavy atom. The molecule has 0 fully saturated rings. The first-order chi connectivity index (χ1) is 7.75. The van der Waals surface area contributed by atoms with Crippen molar-refractivity contribution in [2.45, 2.75) is 6.54 Å². The van der Waals surface area contributed by atoms with E-state index in [0.717, 1.165) is 5.01 Å². The summed E-state index contributed by atoms with van der Waals surface area (Å²) < 4.78 is 0. The molecule has 2 aromatic heterocycles. The highest BCUT2D eigenvalue weighted by molar-refractivity contribution is 7.09. The molecule has 0 aromatic carbocycles. The van der Waals surface area contributed by atoms with E-state index in [0.29, 0.717) is 6.54 Å². The van der Waals surface area contributed by atoms with Gasteiger partial charge < -0.3 is 5.32 Å². The molecule has 0 radical (unpaired) electrons. The van der Waals surface area contributed by atoms with Gasteiger partial charge in [-0.3, -0.25) is 4.79 Å². The first-order valence-electron chi connectivity index (χ1n) is 4.40. The van der Waals surface area contributed by atoms with Gasteiger partial charge in [-0.2, -0.15) is 0 Å². The van der Waals surface area contributed by atoms with Crippen molar-refractivity contribution in [3.63, 3.8) is 0 Å². The standard InChI is InChI=1S/C9H7ClN4OS/c10-7-4-12-6(3-13-7)9(15)14-5-8-11-1-2-16-8/h1-4H,5H2,(H,14,15). The smallest absolute Gasteiger partial charge is 0.271 e. The molecule has 0 saturated heterocycles. The number of thiazole rings is 1. The Bertz CT molecular complexity index is 471. The Morgan fingerprint density at radius 2 is 2.25 bits per heavy atom. The summed E-state index contributed by atoms with van der Waals surface area (Å²) in [5, 5.41) is 5.64. The zero-order valence-corrected chi connectivity index (χ0v) is 9.63. The van der Waals surface area contributed by atoms with Crippen LogP contribution in [0, 0.1) is 0 Å². The van der Waals surface area contributed by atoms with Gasteiger partial charge in [0.25, 0.3) is 5.91 Å². The topological polar surface area (TPSA) is 67.8 Å². The number of nitrogens with one attached hydrogen (secondary N) is 1. The third-order valence-electron chi connectivity index (χ3n) is 1.74. The first-order valence-corrected chi connectivity index (χ1v) is 5.65. The fraction of sp³-hybridized carbons (Fsp3) is 0.111. The van der Waals surface area contributed by atoms with E-state index in [1.54, 1.807) is 6.20 Å². The lowest BCUT2D eigenvalue weighted by molar-refractivity contribution is 0.0945. The highest BCUT2D eigenvalue weighted by atomic mass is 35.5. The molecule has 0 bridgehead atoms. The maximum absolute atomic E-state index is 11.6. The van der Waals surface area contributed by atoms with Crippen molar-refractivity contribution in [2.75, 3.05) is 0 Å².